The highest BCUT2D eigenvalue weighted by Crippen LogP contribution is 2.37. The Labute approximate surface area is 129 Å². The van der Waals surface area contributed by atoms with Crippen LogP contribution in [0.2, 0.25) is 0 Å². The highest BCUT2D eigenvalue weighted by molar-refractivity contribution is 9.09. The quantitative estimate of drug-likeness (QED) is 0.573. The molecule has 0 saturated carbocycles. The maximum absolute atomic E-state index is 6.47. The van der Waals surface area contributed by atoms with Crippen molar-refractivity contribution in [3.05, 3.63) is 12.2 Å². The third kappa shape index (κ3) is 3.76. The third-order valence-corrected chi connectivity index (χ3v) is 5.24. The number of terminal acetylenes is 1. The molecule has 0 unspecified atom stereocenters. The Balaban J connectivity index is 2.07. The standard InChI is InChI=1S/C15H20BrClO2/c1-3-5-6-7-13-15-9-14(19-13)11(17)8-10(16)12(4-2)18-15/h1,5-6,10-15H,4,7-9H2,2H3/b6-5+/t10-,11-,12+,13+,14-,15-/m0/s1. The molecule has 6 atom stereocenters. The fourth-order valence-corrected chi connectivity index (χ4v) is 4.25. The summed E-state index contributed by atoms with van der Waals surface area (Å²) in [4.78, 5) is 0.300. The van der Waals surface area contributed by atoms with Crippen LogP contribution in [0, 0.1) is 12.3 Å². The number of fused-ring (bicyclic) bond motifs is 2. The van der Waals surface area contributed by atoms with Gasteiger partial charge in [0.1, 0.15) is 0 Å². The molecular weight excluding hydrogens is 328 g/mol. The van der Waals surface area contributed by atoms with Gasteiger partial charge in [-0.2, -0.15) is 0 Å². The van der Waals surface area contributed by atoms with Crippen LogP contribution >= 0.6 is 27.5 Å². The van der Waals surface area contributed by atoms with Crippen molar-refractivity contribution in [3.63, 3.8) is 0 Å². The lowest BCUT2D eigenvalue weighted by Crippen LogP contribution is -2.37. The Kier molecular flexibility index (Phi) is 5.77. The van der Waals surface area contributed by atoms with Crippen LogP contribution in [0.5, 0.6) is 0 Å². The molecule has 2 nitrogen and oxygen atoms in total. The summed E-state index contributed by atoms with van der Waals surface area (Å²) < 4.78 is 12.3. The predicted molar refractivity (Wildman–Crippen MR) is 81.8 cm³/mol. The van der Waals surface area contributed by atoms with E-state index in [1.807, 2.05) is 6.08 Å². The largest absolute Gasteiger partial charge is 0.371 e. The molecule has 0 aromatic heterocycles. The van der Waals surface area contributed by atoms with Crippen molar-refractivity contribution in [3.8, 4) is 12.3 Å². The topological polar surface area (TPSA) is 18.5 Å². The molecule has 2 saturated heterocycles. The normalized spacial score (nSPS) is 42.8. The van der Waals surface area contributed by atoms with Crippen LogP contribution in [0.4, 0.5) is 0 Å². The van der Waals surface area contributed by atoms with E-state index in [0.29, 0.717) is 4.83 Å². The van der Waals surface area contributed by atoms with E-state index in [9.17, 15) is 0 Å². The smallest absolute Gasteiger partial charge is 0.0876 e. The number of hydrogen-bond acceptors (Lipinski definition) is 2. The molecule has 0 spiro atoms. The highest BCUT2D eigenvalue weighted by Gasteiger charge is 2.43. The van der Waals surface area contributed by atoms with E-state index in [1.165, 1.54) is 0 Å². The zero-order valence-corrected chi connectivity index (χ0v) is 13.4. The van der Waals surface area contributed by atoms with E-state index < -0.39 is 0 Å². The Morgan fingerprint density at radius 2 is 2.05 bits per heavy atom. The fourth-order valence-electron chi connectivity index (χ4n) is 2.78. The van der Waals surface area contributed by atoms with E-state index in [2.05, 4.69) is 28.8 Å². The Hall–Kier alpha value is -0.0100. The number of rotatable bonds is 3. The van der Waals surface area contributed by atoms with Crippen LogP contribution in [0.3, 0.4) is 0 Å². The van der Waals surface area contributed by atoms with Crippen LogP contribution in [0.1, 0.15) is 32.6 Å². The number of alkyl halides is 2. The summed E-state index contributed by atoms with van der Waals surface area (Å²) in [6.45, 7) is 2.14. The molecule has 2 aliphatic rings. The minimum absolute atomic E-state index is 0.0476. The first-order valence-corrected chi connectivity index (χ1v) is 8.21. The van der Waals surface area contributed by atoms with Gasteiger partial charge in [0.25, 0.3) is 0 Å². The molecule has 0 aromatic carbocycles. The Morgan fingerprint density at radius 1 is 1.32 bits per heavy atom. The number of halogens is 2. The van der Waals surface area contributed by atoms with Crippen LogP contribution in [0.15, 0.2) is 12.2 Å². The third-order valence-electron chi connectivity index (χ3n) is 3.82. The molecule has 0 aromatic rings. The van der Waals surface area contributed by atoms with Crippen molar-refractivity contribution >= 4 is 27.5 Å². The van der Waals surface area contributed by atoms with Crippen molar-refractivity contribution in [1.82, 2.24) is 0 Å². The Morgan fingerprint density at radius 3 is 2.74 bits per heavy atom. The summed E-state index contributed by atoms with van der Waals surface area (Å²) in [6, 6.07) is 0. The van der Waals surface area contributed by atoms with Gasteiger partial charge in [-0.1, -0.05) is 34.9 Å². The molecule has 4 heteroatoms. The van der Waals surface area contributed by atoms with Gasteiger partial charge in [-0.3, -0.25) is 0 Å². The zero-order valence-electron chi connectivity index (χ0n) is 11.1. The average molecular weight is 348 g/mol. The van der Waals surface area contributed by atoms with Gasteiger partial charge in [0, 0.05) is 11.2 Å². The van der Waals surface area contributed by atoms with Gasteiger partial charge >= 0.3 is 0 Å². The molecular formula is C15H20BrClO2. The summed E-state index contributed by atoms with van der Waals surface area (Å²) in [5.74, 6) is 2.50. The van der Waals surface area contributed by atoms with Gasteiger partial charge in [-0.05, 0) is 25.3 Å². The van der Waals surface area contributed by atoms with Gasteiger partial charge < -0.3 is 9.47 Å². The summed E-state index contributed by atoms with van der Waals surface area (Å²) in [5, 5.41) is 0.0476. The molecule has 106 valence electrons. The fraction of sp³-hybridized carbons (Fsp3) is 0.733. The van der Waals surface area contributed by atoms with E-state index in [1.54, 1.807) is 6.08 Å². The SMILES string of the molecule is C#C/C=C/C[C@H]1O[C@H]2C[C@@H]1O[C@H](CC)[C@@H](Br)C[C@@H]2Cl. The molecule has 2 aliphatic heterocycles. The van der Waals surface area contributed by atoms with E-state index in [4.69, 9.17) is 27.5 Å². The summed E-state index contributed by atoms with van der Waals surface area (Å²) in [6.07, 6.45) is 12.9. The van der Waals surface area contributed by atoms with Crippen molar-refractivity contribution in [2.75, 3.05) is 0 Å². The number of ether oxygens (including phenoxy) is 2. The minimum Gasteiger partial charge on any atom is -0.371 e. The summed E-state index contributed by atoms with van der Waals surface area (Å²) in [7, 11) is 0. The second kappa shape index (κ2) is 7.13. The first-order valence-electron chi connectivity index (χ1n) is 6.85. The van der Waals surface area contributed by atoms with E-state index in [-0.39, 0.29) is 29.8 Å². The molecule has 2 fully saturated rings. The molecule has 0 amide bonds. The molecule has 2 bridgehead atoms. The maximum Gasteiger partial charge on any atom is 0.0876 e. The van der Waals surface area contributed by atoms with E-state index >= 15 is 0 Å². The molecule has 2 heterocycles. The lowest BCUT2D eigenvalue weighted by molar-refractivity contribution is -0.0500. The van der Waals surface area contributed by atoms with Crippen molar-refractivity contribution in [2.24, 2.45) is 0 Å². The van der Waals surface area contributed by atoms with Gasteiger partial charge in [0.05, 0.1) is 29.8 Å². The zero-order chi connectivity index (χ0) is 13.8. The van der Waals surface area contributed by atoms with Crippen LogP contribution in [0.25, 0.3) is 0 Å². The minimum atomic E-state index is 0.0476. The summed E-state index contributed by atoms with van der Waals surface area (Å²) in [5.41, 5.74) is 0. The monoisotopic (exact) mass is 346 g/mol. The van der Waals surface area contributed by atoms with Crippen molar-refractivity contribution in [2.45, 2.75) is 67.2 Å². The number of hydrogen-bond donors (Lipinski definition) is 0. The van der Waals surface area contributed by atoms with Gasteiger partial charge in [0.15, 0.2) is 0 Å². The lowest BCUT2D eigenvalue weighted by Gasteiger charge is -2.30. The first-order chi connectivity index (χ1) is 9.15. The molecule has 0 radical (unpaired) electrons. The molecule has 2 rings (SSSR count). The highest BCUT2D eigenvalue weighted by atomic mass is 79.9. The Bertz CT molecular complexity index is 366. The predicted octanol–water partition coefficient (Wildman–Crippen LogP) is 3.66. The maximum atomic E-state index is 6.47. The van der Waals surface area contributed by atoms with Crippen molar-refractivity contribution in [1.29, 1.82) is 0 Å². The van der Waals surface area contributed by atoms with Gasteiger partial charge in [0.2, 0.25) is 0 Å². The summed E-state index contributed by atoms with van der Waals surface area (Å²) >= 11 is 10.2. The van der Waals surface area contributed by atoms with Crippen LogP contribution in [-0.2, 0) is 9.47 Å². The van der Waals surface area contributed by atoms with Gasteiger partial charge in [-0.15, -0.1) is 18.0 Å². The molecule has 0 aliphatic carbocycles. The molecule has 19 heavy (non-hydrogen) atoms. The van der Waals surface area contributed by atoms with Crippen LogP contribution in [-0.4, -0.2) is 34.6 Å². The molecule has 0 N–H and O–H groups in total. The second-order valence-corrected chi connectivity index (χ2v) is 6.88. The average Bonchev–Trinajstić information content (AvgIpc) is 2.79. The first kappa shape index (κ1) is 15.4. The van der Waals surface area contributed by atoms with E-state index in [0.717, 1.165) is 25.7 Å². The number of allylic oxidation sites excluding steroid dienone is 1. The lowest BCUT2D eigenvalue weighted by atomic mass is 9.99. The van der Waals surface area contributed by atoms with Crippen LogP contribution < -0.4 is 0 Å². The van der Waals surface area contributed by atoms with Gasteiger partial charge in [-0.25, -0.2) is 0 Å². The second-order valence-electron chi connectivity index (χ2n) is 5.14. The van der Waals surface area contributed by atoms with Crippen molar-refractivity contribution < 1.29 is 9.47 Å².